The Morgan fingerprint density at radius 2 is 1.83 bits per heavy atom. The van der Waals surface area contributed by atoms with E-state index < -0.39 is 23.1 Å². The number of fused-ring (bicyclic) bond motifs is 3. The standard InChI is InChI=1S/C36H34BrClF3N9O4/c1-20-16-35(11-13-48(14-12-35)32(53)27-29(30(47(2)3)43-19-42-27)54-18-21-7-5-4-6-8-21)26-28(20)49(34-45-33(37)46-50(34)31(26)52)17-25(51)44-24-10-9-22(15-23(24)38)36(39,40)41/h4-10,15,19-20H,11-14,16-18H2,1-3H3,(H,44,51). The molecule has 1 aliphatic carbocycles. The highest BCUT2D eigenvalue weighted by molar-refractivity contribution is 9.10. The smallest absolute Gasteiger partial charge is 0.416 e. The number of hydrogen-bond acceptors (Lipinski definition) is 9. The van der Waals surface area contributed by atoms with Gasteiger partial charge in [0, 0.05) is 43.9 Å². The number of nitrogens with one attached hydrogen (secondary N) is 1. The van der Waals surface area contributed by atoms with E-state index in [1.54, 1.807) is 28.5 Å². The molecule has 1 N–H and O–H groups in total. The maximum atomic E-state index is 14.2. The summed E-state index contributed by atoms with van der Waals surface area (Å²) in [6, 6.07) is 12.2. The zero-order chi connectivity index (χ0) is 38.5. The van der Waals surface area contributed by atoms with Crippen LogP contribution >= 0.6 is 27.5 Å². The Hall–Kier alpha value is -5.03. The number of likely N-dealkylation sites (tertiary alicyclic amines) is 1. The van der Waals surface area contributed by atoms with Crippen LogP contribution in [0.2, 0.25) is 5.02 Å². The Labute approximate surface area is 320 Å². The highest BCUT2D eigenvalue weighted by Gasteiger charge is 2.49. The molecule has 4 heterocycles. The molecule has 2 aromatic carbocycles. The molecule has 1 unspecified atom stereocenters. The van der Waals surface area contributed by atoms with Crippen molar-refractivity contribution in [1.29, 1.82) is 0 Å². The summed E-state index contributed by atoms with van der Waals surface area (Å²) in [7, 11) is 3.61. The van der Waals surface area contributed by atoms with Crippen molar-refractivity contribution in [2.24, 2.45) is 0 Å². The normalized spacial score (nSPS) is 16.4. The summed E-state index contributed by atoms with van der Waals surface area (Å²) in [6.07, 6.45) is -1.79. The number of rotatable bonds is 8. The molecule has 1 fully saturated rings. The molecule has 13 nitrogen and oxygen atoms in total. The second-order valence-electron chi connectivity index (χ2n) is 13.7. The molecule has 1 atom stereocenters. The Kier molecular flexibility index (Phi) is 9.89. The number of halogens is 5. The number of ether oxygens (including phenoxy) is 1. The lowest BCUT2D eigenvalue weighted by Gasteiger charge is -2.39. The number of benzene rings is 2. The van der Waals surface area contributed by atoms with Gasteiger partial charge in [0.2, 0.25) is 16.4 Å². The molecule has 0 radical (unpaired) electrons. The number of hydrogen-bond donors (Lipinski definition) is 1. The van der Waals surface area contributed by atoms with E-state index in [0.29, 0.717) is 49.4 Å². The minimum Gasteiger partial charge on any atom is -0.483 e. The van der Waals surface area contributed by atoms with Gasteiger partial charge in [-0.15, -0.1) is 5.10 Å². The van der Waals surface area contributed by atoms with Gasteiger partial charge in [-0.2, -0.15) is 22.7 Å². The van der Waals surface area contributed by atoms with Crippen LogP contribution in [0.3, 0.4) is 0 Å². The fourth-order valence-corrected chi connectivity index (χ4v) is 8.11. The van der Waals surface area contributed by atoms with E-state index in [1.807, 2.05) is 37.3 Å². The van der Waals surface area contributed by atoms with Crippen molar-refractivity contribution >= 4 is 56.6 Å². The maximum absolute atomic E-state index is 14.2. The van der Waals surface area contributed by atoms with Gasteiger partial charge in [0.25, 0.3) is 11.5 Å². The van der Waals surface area contributed by atoms with Gasteiger partial charge in [0.15, 0.2) is 17.3 Å². The lowest BCUT2D eigenvalue weighted by molar-refractivity contribution is -0.137. The second kappa shape index (κ2) is 14.3. The maximum Gasteiger partial charge on any atom is 0.416 e. The molecule has 1 aliphatic heterocycles. The number of amides is 2. The van der Waals surface area contributed by atoms with E-state index in [4.69, 9.17) is 16.3 Å². The van der Waals surface area contributed by atoms with Gasteiger partial charge in [0.05, 0.1) is 16.3 Å². The van der Waals surface area contributed by atoms with Crippen molar-refractivity contribution in [1.82, 2.24) is 34.0 Å². The molecule has 18 heteroatoms. The predicted octanol–water partition coefficient (Wildman–Crippen LogP) is 6.08. The highest BCUT2D eigenvalue weighted by atomic mass is 79.9. The lowest BCUT2D eigenvalue weighted by Crippen LogP contribution is -2.47. The fourth-order valence-electron chi connectivity index (χ4n) is 7.57. The summed E-state index contributed by atoms with van der Waals surface area (Å²) in [6.45, 7) is 2.48. The summed E-state index contributed by atoms with van der Waals surface area (Å²) in [5.41, 5.74) is 0.209. The number of aromatic nitrogens is 6. The van der Waals surface area contributed by atoms with Gasteiger partial charge >= 0.3 is 6.18 Å². The Balaban J connectivity index is 1.17. The molecule has 2 aliphatic rings. The van der Waals surface area contributed by atoms with Gasteiger partial charge in [-0.3, -0.25) is 14.4 Å². The van der Waals surface area contributed by atoms with Crippen LogP contribution in [0.1, 0.15) is 65.0 Å². The second-order valence-corrected chi connectivity index (χ2v) is 14.8. The van der Waals surface area contributed by atoms with Gasteiger partial charge in [-0.05, 0) is 64.9 Å². The number of carbonyl (C=O) groups excluding carboxylic acids is 2. The zero-order valence-electron chi connectivity index (χ0n) is 29.3. The van der Waals surface area contributed by atoms with E-state index in [9.17, 15) is 27.6 Å². The topological polar surface area (TPSA) is 140 Å². The average Bonchev–Trinajstić information content (AvgIpc) is 3.66. The molecular weight excluding hydrogens is 795 g/mol. The van der Waals surface area contributed by atoms with Crippen LogP contribution in [0, 0.1) is 0 Å². The fraction of sp³-hybridized carbons (Fsp3) is 0.361. The molecule has 5 aromatic rings. The average molecular weight is 829 g/mol. The Morgan fingerprint density at radius 1 is 1.11 bits per heavy atom. The molecular formula is C36H34BrClF3N9O4. The van der Waals surface area contributed by atoms with Crippen LogP contribution in [0.25, 0.3) is 5.78 Å². The Morgan fingerprint density at radius 3 is 2.50 bits per heavy atom. The molecule has 0 saturated carbocycles. The van der Waals surface area contributed by atoms with Crippen molar-refractivity contribution in [3.05, 3.63) is 103 Å². The minimum atomic E-state index is -4.60. The third-order valence-electron chi connectivity index (χ3n) is 9.97. The van der Waals surface area contributed by atoms with E-state index >= 15 is 0 Å². The molecule has 0 bridgehead atoms. The quantitative estimate of drug-likeness (QED) is 0.197. The minimum absolute atomic E-state index is 0.00240. The number of alkyl halides is 3. The van der Waals surface area contributed by atoms with Crippen LogP contribution in [0.4, 0.5) is 24.7 Å². The van der Waals surface area contributed by atoms with Crippen LogP contribution in [-0.2, 0) is 29.5 Å². The van der Waals surface area contributed by atoms with Crippen LogP contribution in [-0.4, -0.2) is 73.0 Å². The number of piperidine rings is 1. The summed E-state index contributed by atoms with van der Waals surface area (Å²) >= 11 is 9.37. The van der Waals surface area contributed by atoms with E-state index in [0.717, 1.165) is 28.3 Å². The highest BCUT2D eigenvalue weighted by Crippen LogP contribution is 2.50. The third kappa shape index (κ3) is 6.90. The first kappa shape index (κ1) is 37.3. The summed E-state index contributed by atoms with van der Waals surface area (Å²) in [5.74, 6) is -0.251. The van der Waals surface area contributed by atoms with Gasteiger partial charge in [-0.1, -0.05) is 48.9 Å². The molecule has 1 spiro atoms. The van der Waals surface area contributed by atoms with Gasteiger partial charge in [0.1, 0.15) is 19.5 Å². The predicted molar refractivity (Wildman–Crippen MR) is 197 cm³/mol. The van der Waals surface area contributed by atoms with Gasteiger partial charge in [-0.25, -0.2) is 9.97 Å². The van der Waals surface area contributed by atoms with E-state index in [-0.39, 0.29) is 63.2 Å². The molecule has 7 rings (SSSR count). The summed E-state index contributed by atoms with van der Waals surface area (Å²) in [4.78, 5) is 58.4. The third-order valence-corrected chi connectivity index (χ3v) is 10.6. The number of carbonyl (C=O) groups is 2. The first-order chi connectivity index (χ1) is 25.7. The van der Waals surface area contributed by atoms with Crippen molar-refractivity contribution in [2.45, 2.75) is 56.8 Å². The van der Waals surface area contributed by atoms with E-state index in [1.165, 1.54) is 6.33 Å². The molecule has 1 saturated heterocycles. The van der Waals surface area contributed by atoms with Crippen molar-refractivity contribution in [3.8, 4) is 5.75 Å². The van der Waals surface area contributed by atoms with Crippen LogP contribution in [0.5, 0.6) is 5.75 Å². The molecule has 3 aromatic heterocycles. The number of nitrogens with zero attached hydrogens (tertiary/aromatic N) is 8. The van der Waals surface area contributed by atoms with E-state index in [2.05, 4.69) is 41.3 Å². The van der Waals surface area contributed by atoms with Crippen LogP contribution < -0.4 is 20.5 Å². The molecule has 54 heavy (non-hydrogen) atoms. The van der Waals surface area contributed by atoms with Crippen molar-refractivity contribution in [3.63, 3.8) is 0 Å². The lowest BCUT2D eigenvalue weighted by atomic mass is 9.73. The molecule has 2 amide bonds. The summed E-state index contributed by atoms with van der Waals surface area (Å²) < 4.78 is 48.7. The largest absolute Gasteiger partial charge is 0.483 e. The molecule has 282 valence electrons. The number of anilines is 2. The first-order valence-electron chi connectivity index (χ1n) is 17.0. The monoisotopic (exact) mass is 827 g/mol. The van der Waals surface area contributed by atoms with Crippen LogP contribution in [0.15, 0.2) is 64.4 Å². The SMILES string of the molecule is CC1CC2(CCN(C(=O)c3ncnc(N(C)C)c3OCc3ccccc3)CC2)c2c1n(CC(=O)Nc1ccc(C(F)(F)F)cc1Cl)c1nc(Br)nn1c2=O. The summed E-state index contributed by atoms with van der Waals surface area (Å²) in [5, 5.41) is 6.60. The van der Waals surface area contributed by atoms with Gasteiger partial charge < -0.3 is 24.4 Å². The van der Waals surface area contributed by atoms with Crippen molar-refractivity contribution < 1.29 is 27.5 Å². The van der Waals surface area contributed by atoms with Crippen molar-refractivity contribution in [2.75, 3.05) is 37.4 Å². The zero-order valence-corrected chi connectivity index (χ0v) is 31.7. The first-order valence-corrected chi connectivity index (χ1v) is 18.2. The Bertz CT molecular complexity index is 2330.